The van der Waals surface area contributed by atoms with Crippen LogP contribution in [0, 0.1) is 11.8 Å². The zero-order valence-electron chi connectivity index (χ0n) is 15.7. The van der Waals surface area contributed by atoms with Crippen LogP contribution < -0.4 is 5.32 Å². The zero-order chi connectivity index (χ0) is 17.8. The molecule has 26 heavy (non-hydrogen) atoms. The van der Waals surface area contributed by atoms with Gasteiger partial charge in [-0.3, -0.25) is 9.69 Å². The van der Waals surface area contributed by atoms with Crippen molar-refractivity contribution >= 4 is 5.91 Å². The lowest BCUT2D eigenvalue weighted by Gasteiger charge is -2.28. The molecule has 1 N–H and O–H groups in total. The molecule has 0 spiro atoms. The molecule has 1 aliphatic heterocycles. The number of amides is 1. The second-order valence-electron chi connectivity index (χ2n) is 8.39. The highest BCUT2D eigenvalue weighted by atomic mass is 16.5. The first-order chi connectivity index (χ1) is 12.8. The summed E-state index contributed by atoms with van der Waals surface area (Å²) in [7, 11) is 0. The van der Waals surface area contributed by atoms with Gasteiger partial charge in [0.25, 0.3) is 0 Å². The quantitative estimate of drug-likeness (QED) is 0.775. The number of rotatable bonds is 8. The first-order valence-electron chi connectivity index (χ1n) is 10.5. The van der Waals surface area contributed by atoms with Crippen LogP contribution in [0.2, 0.25) is 0 Å². The summed E-state index contributed by atoms with van der Waals surface area (Å²) in [5.41, 5.74) is 1.26. The molecule has 4 rings (SSSR count). The zero-order valence-corrected chi connectivity index (χ0v) is 15.7. The van der Waals surface area contributed by atoms with Crippen LogP contribution in [0.15, 0.2) is 30.3 Å². The SMILES string of the molecule is O=C(CN(CC1CCOC1)C1CC1)NC(c1ccccc1)C1CCCC1. The second-order valence-corrected chi connectivity index (χ2v) is 8.39. The molecule has 3 fully saturated rings. The fraction of sp³-hybridized carbons (Fsp3) is 0.682. The van der Waals surface area contributed by atoms with E-state index in [0.717, 1.165) is 26.2 Å². The molecule has 142 valence electrons. The summed E-state index contributed by atoms with van der Waals surface area (Å²) in [5.74, 6) is 1.37. The Kier molecular flexibility index (Phi) is 5.91. The first kappa shape index (κ1) is 18.0. The number of carbonyl (C=O) groups is 1. The molecular formula is C22H32N2O2. The van der Waals surface area contributed by atoms with Crippen LogP contribution in [0.3, 0.4) is 0 Å². The number of hydrogen-bond acceptors (Lipinski definition) is 3. The van der Waals surface area contributed by atoms with Crippen LogP contribution in [0.4, 0.5) is 0 Å². The van der Waals surface area contributed by atoms with Crippen molar-refractivity contribution in [1.29, 1.82) is 0 Å². The largest absolute Gasteiger partial charge is 0.381 e. The molecule has 2 atom stereocenters. The monoisotopic (exact) mass is 356 g/mol. The lowest BCUT2D eigenvalue weighted by Crippen LogP contribution is -2.43. The third-order valence-corrected chi connectivity index (χ3v) is 6.27. The summed E-state index contributed by atoms with van der Waals surface area (Å²) in [4.78, 5) is 15.3. The molecule has 4 nitrogen and oxygen atoms in total. The lowest BCUT2D eigenvalue weighted by atomic mass is 9.91. The Morgan fingerprint density at radius 3 is 2.54 bits per heavy atom. The third-order valence-electron chi connectivity index (χ3n) is 6.27. The molecule has 1 amide bonds. The molecule has 2 aliphatic carbocycles. The Morgan fingerprint density at radius 1 is 1.12 bits per heavy atom. The van der Waals surface area contributed by atoms with E-state index in [4.69, 9.17) is 4.74 Å². The summed E-state index contributed by atoms with van der Waals surface area (Å²) >= 11 is 0. The summed E-state index contributed by atoms with van der Waals surface area (Å²) < 4.78 is 5.53. The van der Waals surface area contributed by atoms with Gasteiger partial charge in [-0.1, -0.05) is 43.2 Å². The maximum atomic E-state index is 12.9. The van der Waals surface area contributed by atoms with Crippen molar-refractivity contribution in [3.63, 3.8) is 0 Å². The van der Waals surface area contributed by atoms with Crippen LogP contribution in [0.5, 0.6) is 0 Å². The highest BCUT2D eigenvalue weighted by molar-refractivity contribution is 5.78. The van der Waals surface area contributed by atoms with Crippen LogP contribution in [-0.2, 0) is 9.53 Å². The van der Waals surface area contributed by atoms with Gasteiger partial charge >= 0.3 is 0 Å². The van der Waals surface area contributed by atoms with Gasteiger partial charge in [-0.25, -0.2) is 0 Å². The van der Waals surface area contributed by atoms with E-state index in [0.29, 0.717) is 24.4 Å². The van der Waals surface area contributed by atoms with Gasteiger partial charge in [-0.05, 0) is 49.5 Å². The maximum absolute atomic E-state index is 12.9. The molecular weight excluding hydrogens is 324 g/mol. The highest BCUT2D eigenvalue weighted by Crippen LogP contribution is 2.36. The van der Waals surface area contributed by atoms with Gasteiger partial charge in [0.05, 0.1) is 19.2 Å². The Bertz CT molecular complexity index is 575. The molecule has 2 saturated carbocycles. The summed E-state index contributed by atoms with van der Waals surface area (Å²) in [6.07, 6.45) is 8.66. The molecule has 1 aromatic rings. The summed E-state index contributed by atoms with van der Waals surface area (Å²) in [6.45, 7) is 3.29. The maximum Gasteiger partial charge on any atom is 0.234 e. The minimum atomic E-state index is 0.169. The van der Waals surface area contributed by atoms with E-state index in [-0.39, 0.29) is 11.9 Å². The molecule has 0 radical (unpaired) electrons. The van der Waals surface area contributed by atoms with Crippen molar-refractivity contribution in [2.24, 2.45) is 11.8 Å². The number of benzene rings is 1. The topological polar surface area (TPSA) is 41.6 Å². The van der Waals surface area contributed by atoms with E-state index in [1.807, 2.05) is 0 Å². The predicted octanol–water partition coefficient (Wildman–Crippen LogP) is 3.54. The lowest BCUT2D eigenvalue weighted by molar-refractivity contribution is -0.123. The van der Waals surface area contributed by atoms with Crippen LogP contribution in [0.1, 0.15) is 56.6 Å². The minimum absolute atomic E-state index is 0.169. The van der Waals surface area contributed by atoms with E-state index >= 15 is 0 Å². The molecule has 1 saturated heterocycles. The standard InChI is InChI=1S/C22H32N2O2/c25-21(15-24(20-10-11-20)14-17-12-13-26-16-17)23-22(19-8-4-5-9-19)18-6-2-1-3-7-18/h1-3,6-7,17,19-20,22H,4-5,8-16H2,(H,23,25). The molecule has 3 aliphatic rings. The average molecular weight is 357 g/mol. The Morgan fingerprint density at radius 2 is 1.88 bits per heavy atom. The van der Waals surface area contributed by atoms with Crippen LogP contribution in [-0.4, -0.2) is 43.2 Å². The van der Waals surface area contributed by atoms with Crippen LogP contribution in [0.25, 0.3) is 0 Å². The van der Waals surface area contributed by atoms with E-state index in [1.165, 1.54) is 44.1 Å². The smallest absolute Gasteiger partial charge is 0.234 e. The normalized spacial score (nSPS) is 24.9. The van der Waals surface area contributed by atoms with Gasteiger partial charge < -0.3 is 10.1 Å². The predicted molar refractivity (Wildman–Crippen MR) is 103 cm³/mol. The van der Waals surface area contributed by atoms with E-state index < -0.39 is 0 Å². The number of carbonyl (C=O) groups excluding carboxylic acids is 1. The number of ether oxygens (including phenoxy) is 1. The van der Waals surface area contributed by atoms with E-state index in [2.05, 4.69) is 40.5 Å². The van der Waals surface area contributed by atoms with Crippen molar-refractivity contribution < 1.29 is 9.53 Å². The molecule has 0 aromatic heterocycles. The molecule has 1 aromatic carbocycles. The van der Waals surface area contributed by atoms with Crippen LogP contribution >= 0.6 is 0 Å². The van der Waals surface area contributed by atoms with E-state index in [9.17, 15) is 4.79 Å². The molecule has 2 unspecified atom stereocenters. The van der Waals surface area contributed by atoms with Gasteiger partial charge in [0, 0.05) is 19.2 Å². The molecule has 0 bridgehead atoms. The number of nitrogens with one attached hydrogen (secondary N) is 1. The summed E-state index contributed by atoms with van der Waals surface area (Å²) in [6, 6.07) is 11.3. The van der Waals surface area contributed by atoms with Crippen molar-refractivity contribution in [2.75, 3.05) is 26.3 Å². The van der Waals surface area contributed by atoms with Crippen molar-refractivity contribution in [1.82, 2.24) is 10.2 Å². The minimum Gasteiger partial charge on any atom is -0.381 e. The average Bonchev–Trinajstić information content (AvgIpc) is 3.14. The Labute approximate surface area is 157 Å². The van der Waals surface area contributed by atoms with Crippen molar-refractivity contribution in [3.05, 3.63) is 35.9 Å². The van der Waals surface area contributed by atoms with E-state index in [1.54, 1.807) is 0 Å². The van der Waals surface area contributed by atoms with Gasteiger partial charge in [-0.2, -0.15) is 0 Å². The number of hydrogen-bond donors (Lipinski definition) is 1. The third kappa shape index (κ3) is 4.66. The molecule has 4 heteroatoms. The van der Waals surface area contributed by atoms with Gasteiger partial charge in [-0.15, -0.1) is 0 Å². The van der Waals surface area contributed by atoms with Gasteiger partial charge in [0.2, 0.25) is 5.91 Å². The van der Waals surface area contributed by atoms with Gasteiger partial charge in [0.1, 0.15) is 0 Å². The second kappa shape index (κ2) is 8.53. The Balaban J connectivity index is 1.38. The Hall–Kier alpha value is -1.39. The fourth-order valence-corrected chi connectivity index (χ4v) is 4.67. The van der Waals surface area contributed by atoms with Gasteiger partial charge in [0.15, 0.2) is 0 Å². The van der Waals surface area contributed by atoms with Crippen molar-refractivity contribution in [3.8, 4) is 0 Å². The number of nitrogens with zero attached hydrogens (tertiary/aromatic N) is 1. The molecule has 1 heterocycles. The first-order valence-corrected chi connectivity index (χ1v) is 10.5. The summed E-state index contributed by atoms with van der Waals surface area (Å²) in [5, 5.41) is 3.40. The van der Waals surface area contributed by atoms with Crippen molar-refractivity contribution in [2.45, 2.75) is 57.0 Å². The highest BCUT2D eigenvalue weighted by Gasteiger charge is 2.34. The fourth-order valence-electron chi connectivity index (χ4n) is 4.67.